The highest BCUT2D eigenvalue weighted by molar-refractivity contribution is 6.32. The van der Waals surface area contributed by atoms with Gasteiger partial charge in [-0.2, -0.15) is 0 Å². The third kappa shape index (κ3) is 2.25. The van der Waals surface area contributed by atoms with Crippen molar-refractivity contribution in [1.82, 2.24) is 4.90 Å². The summed E-state index contributed by atoms with van der Waals surface area (Å²) in [5, 5.41) is 5.99. The average Bonchev–Trinajstić information content (AvgIpc) is 3.01. The lowest BCUT2D eigenvalue weighted by Gasteiger charge is -2.38. The number of halogens is 1. The quantitative estimate of drug-likeness (QED) is 0.363. The molecule has 0 saturated carbocycles. The van der Waals surface area contributed by atoms with Crippen LogP contribution in [0.15, 0.2) is 66.7 Å². The summed E-state index contributed by atoms with van der Waals surface area (Å²) >= 11 is 6.32. The molecule has 138 valence electrons. The molecule has 1 atom stereocenters. The molecule has 2 aliphatic rings. The summed E-state index contributed by atoms with van der Waals surface area (Å²) < 4.78 is 0. The fourth-order valence-electron chi connectivity index (χ4n) is 5.20. The second-order valence-corrected chi connectivity index (χ2v) is 8.44. The van der Waals surface area contributed by atoms with Crippen LogP contribution in [-0.4, -0.2) is 18.5 Å². The number of anilines is 1. The fraction of sp³-hybridized carbons (Fsp3) is 0.200. The van der Waals surface area contributed by atoms with E-state index in [9.17, 15) is 0 Å². The molecule has 4 aromatic rings. The molecule has 4 aromatic carbocycles. The molecule has 0 aromatic heterocycles. The van der Waals surface area contributed by atoms with Crippen molar-refractivity contribution in [1.29, 1.82) is 0 Å². The summed E-state index contributed by atoms with van der Waals surface area (Å²) in [7, 11) is 2.23. The lowest BCUT2D eigenvalue weighted by molar-refractivity contribution is 0.182. The summed E-state index contributed by atoms with van der Waals surface area (Å²) in [5.74, 6) is 0. The Labute approximate surface area is 169 Å². The van der Waals surface area contributed by atoms with Crippen molar-refractivity contribution < 1.29 is 0 Å². The summed E-state index contributed by atoms with van der Waals surface area (Å²) in [6.07, 6.45) is 1.39. The monoisotopic (exact) mass is 384 g/mol. The van der Waals surface area contributed by atoms with Crippen LogP contribution >= 0.6 is 11.6 Å². The normalized spacial score (nSPS) is 18.8. The van der Waals surface area contributed by atoms with Gasteiger partial charge in [0.1, 0.15) is 6.17 Å². The molecule has 2 heterocycles. The molecule has 2 aliphatic heterocycles. The molecule has 0 N–H and O–H groups in total. The van der Waals surface area contributed by atoms with Crippen molar-refractivity contribution in [3.05, 3.63) is 88.4 Å². The van der Waals surface area contributed by atoms with Crippen molar-refractivity contribution in [3.8, 4) is 0 Å². The maximum absolute atomic E-state index is 6.32. The Kier molecular flexibility index (Phi) is 3.50. The molecule has 0 bridgehead atoms. The average molecular weight is 385 g/mol. The van der Waals surface area contributed by atoms with Gasteiger partial charge >= 0.3 is 0 Å². The molecule has 6 rings (SSSR count). The van der Waals surface area contributed by atoms with Gasteiger partial charge in [0.05, 0.1) is 0 Å². The topological polar surface area (TPSA) is 6.48 Å². The summed E-state index contributed by atoms with van der Waals surface area (Å²) in [4.78, 5) is 5.07. The maximum Gasteiger partial charge on any atom is 0.109 e. The van der Waals surface area contributed by atoms with E-state index in [2.05, 4.69) is 77.5 Å². The van der Waals surface area contributed by atoms with Crippen LogP contribution < -0.4 is 4.90 Å². The molecule has 0 fully saturated rings. The zero-order valence-electron chi connectivity index (χ0n) is 15.8. The number of rotatable bonds is 1. The van der Waals surface area contributed by atoms with E-state index in [1.807, 2.05) is 6.07 Å². The van der Waals surface area contributed by atoms with Crippen LogP contribution in [-0.2, 0) is 13.0 Å². The number of hydrogen-bond donors (Lipinski definition) is 0. The molecule has 0 radical (unpaired) electrons. The minimum Gasteiger partial charge on any atom is -0.354 e. The highest BCUT2D eigenvalue weighted by Crippen LogP contribution is 2.48. The Balaban J connectivity index is 1.55. The first kappa shape index (κ1) is 16.4. The first-order valence-electron chi connectivity index (χ1n) is 9.89. The highest BCUT2D eigenvalue weighted by atomic mass is 35.5. The van der Waals surface area contributed by atoms with Crippen molar-refractivity contribution >= 4 is 38.8 Å². The Morgan fingerprint density at radius 3 is 2.64 bits per heavy atom. The molecular weight excluding hydrogens is 364 g/mol. The van der Waals surface area contributed by atoms with Crippen molar-refractivity contribution in [2.75, 3.05) is 18.5 Å². The van der Waals surface area contributed by atoms with Crippen LogP contribution in [0.5, 0.6) is 0 Å². The van der Waals surface area contributed by atoms with Gasteiger partial charge in [-0.1, -0.05) is 54.1 Å². The number of fused-ring (bicyclic) bond motifs is 3. The van der Waals surface area contributed by atoms with E-state index < -0.39 is 0 Å². The van der Waals surface area contributed by atoms with Gasteiger partial charge in [-0.05, 0) is 63.5 Å². The summed E-state index contributed by atoms with van der Waals surface area (Å²) in [6.45, 7) is 2.08. The van der Waals surface area contributed by atoms with E-state index in [0.717, 1.165) is 24.5 Å². The van der Waals surface area contributed by atoms with Crippen LogP contribution in [0.25, 0.3) is 21.5 Å². The van der Waals surface area contributed by atoms with Gasteiger partial charge in [-0.3, -0.25) is 4.90 Å². The molecule has 0 saturated heterocycles. The van der Waals surface area contributed by atoms with Gasteiger partial charge < -0.3 is 4.90 Å². The molecule has 0 aliphatic carbocycles. The zero-order chi connectivity index (χ0) is 18.8. The van der Waals surface area contributed by atoms with Gasteiger partial charge in [0.2, 0.25) is 0 Å². The van der Waals surface area contributed by atoms with E-state index in [1.54, 1.807) is 0 Å². The largest absolute Gasteiger partial charge is 0.354 e. The van der Waals surface area contributed by atoms with Crippen LogP contribution in [0.3, 0.4) is 0 Å². The van der Waals surface area contributed by atoms with E-state index >= 15 is 0 Å². The maximum atomic E-state index is 6.32. The molecule has 28 heavy (non-hydrogen) atoms. The Morgan fingerprint density at radius 1 is 0.893 bits per heavy atom. The molecule has 0 amide bonds. The predicted molar refractivity (Wildman–Crippen MR) is 118 cm³/mol. The van der Waals surface area contributed by atoms with Crippen molar-refractivity contribution in [2.24, 2.45) is 0 Å². The minimum absolute atomic E-state index is 0.272. The smallest absolute Gasteiger partial charge is 0.109 e. The van der Waals surface area contributed by atoms with Crippen LogP contribution in [0, 0.1) is 0 Å². The Bertz CT molecular complexity index is 1250. The van der Waals surface area contributed by atoms with Gasteiger partial charge in [0, 0.05) is 36.2 Å². The minimum atomic E-state index is 0.272. The highest BCUT2D eigenvalue weighted by Gasteiger charge is 2.35. The summed E-state index contributed by atoms with van der Waals surface area (Å²) in [5.41, 5.74) is 5.69. The number of nitrogens with zero attached hydrogens (tertiary/aromatic N) is 2. The van der Waals surface area contributed by atoms with Gasteiger partial charge in [0.15, 0.2) is 0 Å². The van der Waals surface area contributed by atoms with Gasteiger partial charge in [-0.15, -0.1) is 0 Å². The van der Waals surface area contributed by atoms with E-state index in [-0.39, 0.29) is 6.17 Å². The van der Waals surface area contributed by atoms with E-state index in [1.165, 1.54) is 43.9 Å². The Morgan fingerprint density at radius 2 is 1.75 bits per heavy atom. The standard InChI is InChI=1S/C25H21ClN2/c1-27-23-8-4-7-20-21-14-19(26)10-9-17(21)13-22(24(20)23)25(27)28-12-11-16-5-2-3-6-18(16)15-28/h2-10,13-14,25H,11-12,15H2,1H3. The van der Waals surface area contributed by atoms with Crippen LogP contribution in [0.2, 0.25) is 5.02 Å². The van der Waals surface area contributed by atoms with Crippen molar-refractivity contribution in [2.45, 2.75) is 19.1 Å². The second-order valence-electron chi connectivity index (χ2n) is 8.00. The molecule has 1 unspecified atom stereocenters. The molecule has 0 spiro atoms. The SMILES string of the molecule is CN1c2cccc3c2c(cc2ccc(Cl)cc23)C1N1CCc2ccccc2C1. The third-order valence-corrected chi connectivity index (χ3v) is 6.71. The van der Waals surface area contributed by atoms with Gasteiger partial charge in [-0.25, -0.2) is 0 Å². The van der Waals surface area contributed by atoms with E-state index in [0.29, 0.717) is 0 Å². The van der Waals surface area contributed by atoms with Crippen LogP contribution in [0.4, 0.5) is 5.69 Å². The fourth-order valence-corrected chi connectivity index (χ4v) is 5.37. The van der Waals surface area contributed by atoms with Crippen molar-refractivity contribution in [3.63, 3.8) is 0 Å². The third-order valence-electron chi connectivity index (χ3n) is 6.48. The predicted octanol–water partition coefficient (Wildman–Crippen LogP) is 6.15. The number of benzene rings is 4. The number of hydrogen-bond acceptors (Lipinski definition) is 2. The first-order valence-corrected chi connectivity index (χ1v) is 10.3. The zero-order valence-corrected chi connectivity index (χ0v) is 16.6. The lowest BCUT2D eigenvalue weighted by Crippen LogP contribution is -2.40. The van der Waals surface area contributed by atoms with E-state index in [4.69, 9.17) is 11.6 Å². The molecule has 3 heteroatoms. The molecular formula is C25H21ClN2. The first-order chi connectivity index (χ1) is 13.7. The van der Waals surface area contributed by atoms with Gasteiger partial charge in [0.25, 0.3) is 0 Å². The second kappa shape index (κ2) is 5.97. The molecule has 2 nitrogen and oxygen atoms in total. The lowest BCUT2D eigenvalue weighted by atomic mass is 9.95. The Hall–Kier alpha value is -2.55. The van der Waals surface area contributed by atoms with Crippen LogP contribution in [0.1, 0.15) is 22.9 Å². The summed E-state index contributed by atoms with van der Waals surface area (Å²) in [6, 6.07) is 24.2.